The molecule has 0 aliphatic heterocycles. The van der Waals surface area contributed by atoms with Crippen LogP contribution in [0.4, 0.5) is 14.7 Å². The first-order valence-corrected chi connectivity index (χ1v) is 9.64. The first-order valence-electron chi connectivity index (χ1n) is 9.64. The van der Waals surface area contributed by atoms with Crippen LogP contribution in [0, 0.1) is 6.92 Å². The van der Waals surface area contributed by atoms with E-state index in [0.29, 0.717) is 22.4 Å². The average molecular weight is 445 g/mol. The number of aliphatic hydroxyl groups is 2. The summed E-state index contributed by atoms with van der Waals surface area (Å²) in [5, 5.41) is 30.0. The molecule has 4 aromatic rings. The van der Waals surface area contributed by atoms with E-state index < -0.39 is 24.0 Å². The summed E-state index contributed by atoms with van der Waals surface area (Å²) in [4.78, 5) is 12.1. The zero-order chi connectivity index (χ0) is 23.3. The lowest BCUT2D eigenvalue weighted by Gasteiger charge is -2.21. The number of nitrogens with zero attached hydrogens (tertiary/aromatic N) is 6. The maximum absolute atomic E-state index is 13.3. The number of alkyl halides is 2. The normalized spacial score (nSPS) is 15.8. The minimum absolute atomic E-state index is 0.00213. The number of nitrogen functional groups attached to an aromatic ring is 1. The minimum atomic E-state index is -2.97. The van der Waals surface area contributed by atoms with Gasteiger partial charge in [-0.1, -0.05) is 17.3 Å². The van der Waals surface area contributed by atoms with Gasteiger partial charge in [-0.2, -0.15) is 15.1 Å². The van der Waals surface area contributed by atoms with E-state index >= 15 is 0 Å². The Morgan fingerprint density at radius 3 is 2.56 bits per heavy atom. The molecule has 0 saturated carbocycles. The van der Waals surface area contributed by atoms with Crippen molar-refractivity contribution in [2.45, 2.75) is 44.8 Å². The Morgan fingerprint density at radius 1 is 1.19 bits per heavy atom. The van der Waals surface area contributed by atoms with Gasteiger partial charge in [0.15, 0.2) is 5.82 Å². The highest BCUT2D eigenvalue weighted by molar-refractivity contribution is 5.84. The summed E-state index contributed by atoms with van der Waals surface area (Å²) < 4.78 is 33.0. The summed E-state index contributed by atoms with van der Waals surface area (Å²) in [6.45, 7) is 4.15. The van der Waals surface area contributed by atoms with Gasteiger partial charge in [-0.3, -0.25) is 0 Å². The number of aromatic nitrogens is 6. The first-order chi connectivity index (χ1) is 15.0. The molecule has 0 amide bonds. The predicted molar refractivity (Wildman–Crippen MR) is 109 cm³/mol. The molecule has 3 heterocycles. The lowest BCUT2D eigenvalue weighted by molar-refractivity contribution is -0.0825. The van der Waals surface area contributed by atoms with Crippen LogP contribution in [0.25, 0.3) is 16.7 Å². The van der Waals surface area contributed by atoms with Crippen molar-refractivity contribution in [2.24, 2.45) is 0 Å². The van der Waals surface area contributed by atoms with E-state index in [0.717, 1.165) is 6.92 Å². The molecule has 3 aromatic heterocycles. The Bertz CT molecular complexity index is 1280. The number of fused-ring (bicyclic) bond motifs is 1. The Labute approximate surface area is 180 Å². The van der Waals surface area contributed by atoms with Gasteiger partial charge in [0.25, 0.3) is 6.43 Å². The zero-order valence-electron chi connectivity index (χ0n) is 17.5. The quantitative estimate of drug-likeness (QED) is 0.404. The van der Waals surface area contributed by atoms with Crippen molar-refractivity contribution < 1.29 is 23.5 Å². The fourth-order valence-electron chi connectivity index (χ4n) is 3.31. The monoisotopic (exact) mass is 445 g/mol. The molecule has 1 aromatic carbocycles. The highest BCUT2D eigenvalue weighted by Gasteiger charge is 2.35. The minimum Gasteiger partial charge on any atom is -0.384 e. The molecule has 0 bridgehead atoms. The number of anilines is 1. The number of aryl methyl sites for hydroxylation is 1. The maximum atomic E-state index is 13.3. The van der Waals surface area contributed by atoms with Gasteiger partial charge in [-0.05, 0) is 25.5 Å². The Kier molecular flexibility index (Phi) is 5.13. The molecular formula is C20H21F2N7O3. The van der Waals surface area contributed by atoms with Crippen LogP contribution in [0.1, 0.15) is 36.8 Å². The lowest BCUT2D eigenvalue weighted by Crippen LogP contribution is -2.36. The fraction of sp³-hybridized carbons (Fsp3) is 0.350. The number of halogens is 2. The van der Waals surface area contributed by atoms with Gasteiger partial charge in [0.05, 0.1) is 11.2 Å². The second kappa shape index (κ2) is 7.57. The van der Waals surface area contributed by atoms with E-state index in [2.05, 4.69) is 25.2 Å². The van der Waals surface area contributed by atoms with E-state index in [1.807, 2.05) is 0 Å². The molecular weight excluding hydrogens is 424 g/mol. The SMILES string of the molecule is Cc1nc(C(C)(O)c2ccc3c(CC(C)(O)C(F)F)nn(-c4ccnc(N)n4)c3c2)no1. The first kappa shape index (κ1) is 21.7. The number of hydrogen-bond donors (Lipinski definition) is 3. The number of benzene rings is 1. The second-order valence-corrected chi connectivity index (χ2v) is 7.91. The van der Waals surface area contributed by atoms with Crippen LogP contribution in [-0.4, -0.2) is 52.1 Å². The molecule has 0 saturated heterocycles. The van der Waals surface area contributed by atoms with E-state index in [-0.39, 0.29) is 23.3 Å². The molecule has 12 heteroatoms. The zero-order valence-corrected chi connectivity index (χ0v) is 17.5. The summed E-state index contributed by atoms with van der Waals surface area (Å²) in [5.41, 5.74) is 2.87. The molecule has 4 N–H and O–H groups in total. The molecule has 10 nitrogen and oxygen atoms in total. The Hall–Kier alpha value is -3.51. The Morgan fingerprint density at radius 2 is 1.94 bits per heavy atom. The smallest absolute Gasteiger partial charge is 0.266 e. The third-order valence-electron chi connectivity index (χ3n) is 5.15. The molecule has 0 aliphatic carbocycles. The number of hydrogen-bond acceptors (Lipinski definition) is 9. The number of nitrogens with two attached hydrogens (primary N) is 1. The molecule has 0 fully saturated rings. The second-order valence-electron chi connectivity index (χ2n) is 7.91. The van der Waals surface area contributed by atoms with Crippen LogP contribution >= 0.6 is 0 Å². The van der Waals surface area contributed by atoms with Crippen LogP contribution < -0.4 is 5.73 Å². The van der Waals surface area contributed by atoms with E-state index in [4.69, 9.17) is 10.3 Å². The lowest BCUT2D eigenvalue weighted by atomic mass is 9.93. The predicted octanol–water partition coefficient (Wildman–Crippen LogP) is 1.90. The van der Waals surface area contributed by atoms with Gasteiger partial charge in [-0.15, -0.1) is 0 Å². The maximum Gasteiger partial charge on any atom is 0.266 e. The Balaban J connectivity index is 1.91. The van der Waals surface area contributed by atoms with Gasteiger partial charge >= 0.3 is 0 Å². The van der Waals surface area contributed by atoms with Gasteiger partial charge in [0, 0.05) is 31.0 Å². The summed E-state index contributed by atoms with van der Waals surface area (Å²) in [7, 11) is 0. The van der Waals surface area contributed by atoms with Crippen molar-refractivity contribution in [2.75, 3.05) is 5.73 Å². The highest BCUT2D eigenvalue weighted by atomic mass is 19.3. The molecule has 168 valence electrons. The van der Waals surface area contributed by atoms with Crippen molar-refractivity contribution >= 4 is 16.9 Å². The molecule has 0 spiro atoms. The highest BCUT2D eigenvalue weighted by Crippen LogP contribution is 2.33. The van der Waals surface area contributed by atoms with Crippen molar-refractivity contribution in [1.29, 1.82) is 0 Å². The van der Waals surface area contributed by atoms with Crippen molar-refractivity contribution in [3.05, 3.63) is 53.4 Å². The van der Waals surface area contributed by atoms with Gasteiger partial charge in [-0.25, -0.2) is 18.4 Å². The molecule has 4 rings (SSSR count). The van der Waals surface area contributed by atoms with Crippen LogP contribution in [0.3, 0.4) is 0 Å². The molecule has 2 atom stereocenters. The van der Waals surface area contributed by atoms with E-state index in [1.54, 1.807) is 31.2 Å². The van der Waals surface area contributed by atoms with Gasteiger partial charge in [0.2, 0.25) is 17.7 Å². The van der Waals surface area contributed by atoms with Gasteiger partial charge < -0.3 is 20.5 Å². The van der Waals surface area contributed by atoms with Crippen molar-refractivity contribution in [3.8, 4) is 5.82 Å². The number of rotatable bonds is 6. The van der Waals surface area contributed by atoms with Crippen LogP contribution in [0.2, 0.25) is 0 Å². The van der Waals surface area contributed by atoms with Crippen LogP contribution in [-0.2, 0) is 12.0 Å². The van der Waals surface area contributed by atoms with Crippen LogP contribution in [0.15, 0.2) is 35.0 Å². The third kappa shape index (κ3) is 3.78. The largest absolute Gasteiger partial charge is 0.384 e. The summed E-state index contributed by atoms with van der Waals surface area (Å²) in [6, 6.07) is 6.39. The standard InChI is InChI=1S/C20H21F2N7O3/c1-10-25-17(28-32-10)20(3,31)11-4-5-12-13(9-19(2,30)16(21)22)27-29(14(12)8-11)15-6-7-24-18(23)26-15/h4-8,16,30-31H,9H2,1-3H3,(H2,23,24,26). The molecule has 32 heavy (non-hydrogen) atoms. The summed E-state index contributed by atoms with van der Waals surface area (Å²) >= 11 is 0. The van der Waals surface area contributed by atoms with Crippen molar-refractivity contribution in [3.63, 3.8) is 0 Å². The average Bonchev–Trinajstić information content (AvgIpc) is 3.32. The van der Waals surface area contributed by atoms with Gasteiger partial charge in [0.1, 0.15) is 11.2 Å². The topological polar surface area (TPSA) is 149 Å². The van der Waals surface area contributed by atoms with E-state index in [1.165, 1.54) is 17.8 Å². The van der Waals surface area contributed by atoms with E-state index in [9.17, 15) is 19.0 Å². The molecule has 2 unspecified atom stereocenters. The summed E-state index contributed by atoms with van der Waals surface area (Å²) in [6.07, 6.45) is -1.95. The fourth-order valence-corrected chi connectivity index (χ4v) is 3.31. The molecule has 0 aliphatic rings. The third-order valence-corrected chi connectivity index (χ3v) is 5.15. The van der Waals surface area contributed by atoms with Crippen molar-refractivity contribution in [1.82, 2.24) is 29.9 Å². The summed E-state index contributed by atoms with van der Waals surface area (Å²) in [5.74, 6) is 0.641. The van der Waals surface area contributed by atoms with Crippen LogP contribution in [0.5, 0.6) is 0 Å². The molecule has 0 radical (unpaired) electrons.